The molecule has 1 N–H and O–H groups in total. The fourth-order valence-corrected chi connectivity index (χ4v) is 4.59. The third-order valence-corrected chi connectivity index (χ3v) is 7.00. The van der Waals surface area contributed by atoms with E-state index >= 15 is 0 Å². The Labute approximate surface area is 167 Å². The van der Waals surface area contributed by atoms with E-state index in [-0.39, 0.29) is 42.2 Å². The zero-order valence-electron chi connectivity index (χ0n) is 14.8. The fraction of sp³-hybridized carbons (Fsp3) is 0.625. The number of hydrogen-bond acceptors (Lipinski definition) is 5. The molecule has 0 bridgehead atoms. The number of piperidine rings is 1. The minimum Gasteiger partial charge on any atom is -0.342 e. The van der Waals surface area contributed by atoms with E-state index in [4.69, 9.17) is 0 Å². The van der Waals surface area contributed by atoms with Crippen LogP contribution in [0.4, 0.5) is 0 Å². The van der Waals surface area contributed by atoms with Crippen molar-refractivity contribution in [3.05, 3.63) is 24.5 Å². The van der Waals surface area contributed by atoms with Crippen LogP contribution in [-0.2, 0) is 14.8 Å². The summed E-state index contributed by atoms with van der Waals surface area (Å²) in [5.41, 5.74) is 0.338. The van der Waals surface area contributed by atoms with Gasteiger partial charge in [-0.05, 0) is 43.4 Å². The highest BCUT2D eigenvalue weighted by Crippen LogP contribution is 2.36. The molecule has 1 aromatic heterocycles. The van der Waals surface area contributed by atoms with Gasteiger partial charge in [-0.2, -0.15) is 4.31 Å². The summed E-state index contributed by atoms with van der Waals surface area (Å²) >= 11 is 0. The Morgan fingerprint density at radius 1 is 1.31 bits per heavy atom. The first-order valence-corrected chi connectivity index (χ1v) is 9.72. The Hall–Kier alpha value is -0.930. The van der Waals surface area contributed by atoms with Crippen molar-refractivity contribution in [1.82, 2.24) is 19.5 Å². The van der Waals surface area contributed by atoms with Crippen LogP contribution in [-0.4, -0.2) is 68.3 Å². The molecule has 2 aliphatic rings. The van der Waals surface area contributed by atoms with E-state index in [1.165, 1.54) is 31.9 Å². The number of carbonyl (C=O) groups is 1. The van der Waals surface area contributed by atoms with Crippen LogP contribution in [0, 0.1) is 5.41 Å². The van der Waals surface area contributed by atoms with Gasteiger partial charge < -0.3 is 10.2 Å². The van der Waals surface area contributed by atoms with Crippen LogP contribution in [0.5, 0.6) is 0 Å². The van der Waals surface area contributed by atoms with Crippen molar-refractivity contribution >= 4 is 40.7 Å². The molecule has 7 nitrogen and oxygen atoms in total. The number of likely N-dealkylation sites (tertiary alicyclic amines) is 1. The van der Waals surface area contributed by atoms with Gasteiger partial charge in [-0.15, -0.1) is 24.8 Å². The lowest BCUT2D eigenvalue weighted by molar-refractivity contribution is -0.133. The third-order valence-electron chi connectivity index (χ3n) is 5.21. The number of amides is 1. The number of likely N-dealkylation sites (N-methyl/N-ethyl adjacent to an activating group) is 1. The highest BCUT2D eigenvalue weighted by Gasteiger charge is 2.38. The second kappa shape index (κ2) is 9.32. The number of rotatable bonds is 4. The van der Waals surface area contributed by atoms with Gasteiger partial charge in [0, 0.05) is 39.1 Å². The van der Waals surface area contributed by atoms with Crippen molar-refractivity contribution in [3.8, 4) is 0 Å². The first-order chi connectivity index (χ1) is 11.4. The van der Waals surface area contributed by atoms with E-state index in [9.17, 15) is 13.2 Å². The van der Waals surface area contributed by atoms with Gasteiger partial charge in [0.25, 0.3) is 0 Å². The summed E-state index contributed by atoms with van der Waals surface area (Å²) in [4.78, 5) is 18.2. The first kappa shape index (κ1) is 23.1. The summed E-state index contributed by atoms with van der Waals surface area (Å²) in [6, 6.07) is 3.06. The number of aromatic nitrogens is 1. The number of sulfonamides is 1. The minimum atomic E-state index is -3.68. The predicted octanol–water partition coefficient (Wildman–Crippen LogP) is 1.15. The largest absolute Gasteiger partial charge is 0.342 e. The maximum absolute atomic E-state index is 12.5. The van der Waals surface area contributed by atoms with Crippen molar-refractivity contribution in [1.29, 1.82) is 0 Å². The molecule has 2 saturated heterocycles. The first-order valence-electron chi connectivity index (χ1n) is 8.28. The van der Waals surface area contributed by atoms with Crippen LogP contribution in [0.2, 0.25) is 0 Å². The normalized spacial score (nSPS) is 19.1. The van der Waals surface area contributed by atoms with Crippen molar-refractivity contribution < 1.29 is 13.2 Å². The zero-order valence-corrected chi connectivity index (χ0v) is 17.2. The van der Waals surface area contributed by atoms with Crippen LogP contribution >= 0.6 is 24.8 Å². The average Bonchev–Trinajstić information content (AvgIpc) is 3.04. The summed E-state index contributed by atoms with van der Waals surface area (Å²) in [7, 11) is -2.24. The Kier molecular flexibility index (Phi) is 8.29. The van der Waals surface area contributed by atoms with Crippen molar-refractivity contribution in [2.75, 3.05) is 39.8 Å². The van der Waals surface area contributed by atoms with Crippen molar-refractivity contribution in [3.63, 3.8) is 0 Å². The number of nitrogens with one attached hydrogen (secondary N) is 1. The number of carbonyl (C=O) groups excluding carboxylic acids is 1. The molecule has 0 radical (unpaired) electrons. The Balaban J connectivity index is 0.00000169. The molecule has 3 rings (SSSR count). The Bertz CT molecular complexity index is 687. The van der Waals surface area contributed by atoms with Crippen LogP contribution in [0.1, 0.15) is 19.3 Å². The number of halogens is 2. The molecule has 0 atom stereocenters. The van der Waals surface area contributed by atoms with Gasteiger partial charge in [0.15, 0.2) is 0 Å². The van der Waals surface area contributed by atoms with Gasteiger partial charge in [0.05, 0.1) is 6.54 Å². The summed E-state index contributed by atoms with van der Waals surface area (Å²) in [6.07, 6.45) is 5.97. The summed E-state index contributed by atoms with van der Waals surface area (Å²) in [5.74, 6) is -0.134. The van der Waals surface area contributed by atoms with Gasteiger partial charge in [-0.3, -0.25) is 9.78 Å². The molecular formula is C16H26Cl2N4O3S. The molecular weight excluding hydrogens is 399 g/mol. The van der Waals surface area contributed by atoms with E-state index in [1.807, 2.05) is 0 Å². The molecule has 2 aliphatic heterocycles. The van der Waals surface area contributed by atoms with E-state index in [0.717, 1.165) is 30.2 Å². The van der Waals surface area contributed by atoms with Gasteiger partial charge >= 0.3 is 0 Å². The lowest BCUT2D eigenvalue weighted by atomic mass is 9.78. The Morgan fingerprint density at radius 2 is 2.00 bits per heavy atom. The van der Waals surface area contributed by atoms with Crippen LogP contribution < -0.4 is 5.32 Å². The smallest absolute Gasteiger partial charge is 0.244 e. The summed E-state index contributed by atoms with van der Waals surface area (Å²) in [5, 5.41) is 3.40. The van der Waals surface area contributed by atoms with Crippen LogP contribution in [0.3, 0.4) is 0 Å². The topological polar surface area (TPSA) is 82.6 Å². The molecule has 3 heterocycles. The lowest BCUT2D eigenvalue weighted by Gasteiger charge is -2.39. The summed E-state index contributed by atoms with van der Waals surface area (Å²) in [6.45, 7) is 3.37. The van der Waals surface area contributed by atoms with Gasteiger partial charge in [0.2, 0.25) is 15.9 Å². The van der Waals surface area contributed by atoms with Crippen LogP contribution in [0.25, 0.3) is 0 Å². The molecule has 0 unspecified atom stereocenters. The second-order valence-corrected chi connectivity index (χ2v) is 8.80. The Morgan fingerprint density at radius 3 is 2.54 bits per heavy atom. The number of pyridine rings is 1. The average molecular weight is 425 g/mol. The molecule has 1 spiro atoms. The molecule has 0 aliphatic carbocycles. The maximum atomic E-state index is 12.5. The molecule has 148 valence electrons. The van der Waals surface area contributed by atoms with Crippen LogP contribution in [0.15, 0.2) is 29.4 Å². The second-order valence-electron chi connectivity index (χ2n) is 6.76. The van der Waals surface area contributed by atoms with Crippen molar-refractivity contribution in [2.24, 2.45) is 5.41 Å². The van der Waals surface area contributed by atoms with E-state index in [0.29, 0.717) is 18.5 Å². The minimum absolute atomic E-state index is 0. The van der Waals surface area contributed by atoms with E-state index in [1.54, 1.807) is 11.0 Å². The van der Waals surface area contributed by atoms with Gasteiger partial charge in [0.1, 0.15) is 4.90 Å². The highest BCUT2D eigenvalue weighted by atomic mass is 35.5. The molecule has 1 aromatic rings. The molecule has 10 heteroatoms. The molecule has 0 aromatic carbocycles. The summed E-state index contributed by atoms with van der Waals surface area (Å²) < 4.78 is 26.0. The molecule has 2 fully saturated rings. The monoisotopic (exact) mass is 424 g/mol. The third kappa shape index (κ3) is 4.86. The SMILES string of the molecule is CN(CC(=O)N1CCC2(CCNC2)CC1)S(=O)(=O)c1cccnc1.Cl.Cl. The van der Waals surface area contributed by atoms with Crippen molar-refractivity contribution in [2.45, 2.75) is 24.2 Å². The molecule has 26 heavy (non-hydrogen) atoms. The molecule has 0 saturated carbocycles. The van der Waals surface area contributed by atoms with E-state index in [2.05, 4.69) is 10.3 Å². The number of nitrogens with zero attached hydrogens (tertiary/aromatic N) is 3. The number of hydrogen-bond donors (Lipinski definition) is 1. The van der Waals surface area contributed by atoms with Gasteiger partial charge in [-0.25, -0.2) is 8.42 Å². The lowest BCUT2D eigenvalue weighted by Crippen LogP contribution is -2.47. The molecule has 1 amide bonds. The maximum Gasteiger partial charge on any atom is 0.244 e. The standard InChI is InChI=1S/C16H24N4O3S.2ClH/c1-19(24(22,23)14-3-2-7-17-11-14)12-15(21)20-9-5-16(6-10-20)4-8-18-13-16;;/h2-3,7,11,18H,4-6,8-10,12-13H2,1H3;2*1H. The fourth-order valence-electron chi connectivity index (χ4n) is 3.51. The quantitative estimate of drug-likeness (QED) is 0.783. The zero-order chi connectivity index (χ0) is 17.2. The van der Waals surface area contributed by atoms with E-state index < -0.39 is 10.0 Å². The van der Waals surface area contributed by atoms with Gasteiger partial charge in [-0.1, -0.05) is 0 Å². The highest BCUT2D eigenvalue weighted by molar-refractivity contribution is 7.89. The predicted molar refractivity (Wildman–Crippen MR) is 104 cm³/mol.